The molecule has 0 amide bonds. The van der Waals surface area contributed by atoms with E-state index in [0.717, 1.165) is 12.1 Å². The van der Waals surface area contributed by atoms with Crippen molar-refractivity contribution in [3.05, 3.63) is 59.4 Å². The van der Waals surface area contributed by atoms with Gasteiger partial charge in [-0.05, 0) is 23.8 Å². The van der Waals surface area contributed by atoms with Gasteiger partial charge in [0.1, 0.15) is 0 Å². The van der Waals surface area contributed by atoms with E-state index >= 15 is 0 Å². The number of benzene rings is 1. The normalized spacial score (nSPS) is 12.0. The van der Waals surface area contributed by atoms with Crippen LogP contribution >= 0.6 is 0 Å². The summed E-state index contributed by atoms with van der Waals surface area (Å²) in [6.45, 7) is 0. The summed E-state index contributed by atoms with van der Waals surface area (Å²) in [4.78, 5) is 11.8. The topological polar surface area (TPSA) is 34.9 Å². The van der Waals surface area contributed by atoms with Crippen molar-refractivity contribution in [1.82, 2.24) is 9.78 Å². The molecule has 0 aliphatic carbocycles. The number of nitrogens with zero attached hydrogens (tertiary/aromatic N) is 2. The Morgan fingerprint density at radius 3 is 2.70 bits per heavy atom. The van der Waals surface area contributed by atoms with Gasteiger partial charge in [-0.3, -0.25) is 9.48 Å². The molecule has 0 atom stereocenters. The molecule has 6 heteroatoms. The molecular formula is C14H11F3N2O. The average Bonchev–Trinajstić information content (AvgIpc) is 2.82. The van der Waals surface area contributed by atoms with Crippen LogP contribution in [0.5, 0.6) is 0 Å². The second-order valence-corrected chi connectivity index (χ2v) is 4.22. The van der Waals surface area contributed by atoms with Gasteiger partial charge in [0.05, 0.1) is 17.3 Å². The third kappa shape index (κ3) is 3.34. The SMILES string of the molecule is Cn1cc(C(=O)/C=C\c2cccc(C(F)(F)F)c2)cn1. The first kappa shape index (κ1) is 14.0. The maximum atomic E-state index is 12.5. The molecule has 1 aromatic heterocycles. The summed E-state index contributed by atoms with van der Waals surface area (Å²) in [5.74, 6) is -0.310. The van der Waals surface area contributed by atoms with E-state index in [1.807, 2.05) is 0 Å². The fourth-order valence-corrected chi connectivity index (χ4v) is 1.64. The molecular weight excluding hydrogens is 269 g/mol. The standard InChI is InChI=1S/C14H11F3N2O/c1-19-9-11(8-18-19)13(20)6-5-10-3-2-4-12(7-10)14(15,16)17/h2-9H,1H3/b6-5-. The molecule has 0 N–H and O–H groups in total. The fraction of sp³-hybridized carbons (Fsp3) is 0.143. The highest BCUT2D eigenvalue weighted by Gasteiger charge is 2.30. The summed E-state index contributed by atoms with van der Waals surface area (Å²) >= 11 is 0. The first-order chi connectivity index (χ1) is 9.36. The fourth-order valence-electron chi connectivity index (χ4n) is 1.64. The van der Waals surface area contributed by atoms with Crippen LogP contribution in [0, 0.1) is 0 Å². The number of rotatable bonds is 3. The van der Waals surface area contributed by atoms with Crippen LogP contribution < -0.4 is 0 Å². The third-order valence-corrected chi connectivity index (χ3v) is 2.63. The predicted octanol–water partition coefficient (Wildman–Crippen LogP) is 3.34. The van der Waals surface area contributed by atoms with Crippen LogP contribution in [0.2, 0.25) is 0 Å². The van der Waals surface area contributed by atoms with Crippen molar-refractivity contribution < 1.29 is 18.0 Å². The first-order valence-electron chi connectivity index (χ1n) is 5.74. The van der Waals surface area contributed by atoms with Crippen LogP contribution in [-0.4, -0.2) is 15.6 Å². The van der Waals surface area contributed by atoms with Crippen LogP contribution in [0.3, 0.4) is 0 Å². The zero-order valence-corrected chi connectivity index (χ0v) is 10.6. The van der Waals surface area contributed by atoms with Crippen molar-refractivity contribution >= 4 is 11.9 Å². The van der Waals surface area contributed by atoms with E-state index in [0.29, 0.717) is 11.1 Å². The summed E-state index contributed by atoms with van der Waals surface area (Å²) in [7, 11) is 1.67. The van der Waals surface area contributed by atoms with Crippen molar-refractivity contribution in [3.8, 4) is 0 Å². The maximum absolute atomic E-state index is 12.5. The summed E-state index contributed by atoms with van der Waals surface area (Å²) in [5.41, 5.74) is -0.0405. The number of allylic oxidation sites excluding steroid dienone is 1. The summed E-state index contributed by atoms with van der Waals surface area (Å²) in [6, 6.07) is 4.78. The van der Waals surface area contributed by atoms with E-state index in [4.69, 9.17) is 0 Å². The van der Waals surface area contributed by atoms with Gasteiger partial charge in [-0.2, -0.15) is 18.3 Å². The third-order valence-electron chi connectivity index (χ3n) is 2.63. The molecule has 0 fully saturated rings. The van der Waals surface area contributed by atoms with Gasteiger partial charge < -0.3 is 0 Å². The van der Waals surface area contributed by atoms with Gasteiger partial charge in [0, 0.05) is 13.2 Å². The lowest BCUT2D eigenvalue weighted by Gasteiger charge is -2.06. The molecule has 20 heavy (non-hydrogen) atoms. The van der Waals surface area contributed by atoms with E-state index in [-0.39, 0.29) is 5.78 Å². The zero-order valence-electron chi connectivity index (χ0n) is 10.6. The summed E-state index contributed by atoms with van der Waals surface area (Å²) < 4.78 is 39.1. The highest BCUT2D eigenvalue weighted by atomic mass is 19.4. The number of hydrogen-bond acceptors (Lipinski definition) is 2. The van der Waals surface area contributed by atoms with Crippen LogP contribution in [0.25, 0.3) is 6.08 Å². The molecule has 1 aromatic carbocycles. The molecule has 104 valence electrons. The minimum atomic E-state index is -4.39. The first-order valence-corrected chi connectivity index (χ1v) is 5.74. The molecule has 3 nitrogen and oxygen atoms in total. The van der Waals surface area contributed by atoms with E-state index < -0.39 is 11.7 Å². The minimum absolute atomic E-state index is 0.310. The number of carbonyl (C=O) groups is 1. The lowest BCUT2D eigenvalue weighted by Crippen LogP contribution is -2.04. The zero-order chi connectivity index (χ0) is 14.8. The second kappa shape index (κ2) is 5.32. The van der Waals surface area contributed by atoms with Crippen molar-refractivity contribution in [2.75, 3.05) is 0 Å². The molecule has 0 unspecified atom stereocenters. The van der Waals surface area contributed by atoms with E-state index in [1.54, 1.807) is 13.2 Å². The Morgan fingerprint density at radius 1 is 1.35 bits per heavy atom. The Balaban J connectivity index is 2.18. The Labute approximate surface area is 113 Å². The predicted molar refractivity (Wildman–Crippen MR) is 68.0 cm³/mol. The molecule has 1 heterocycles. The molecule has 0 saturated carbocycles. The van der Waals surface area contributed by atoms with Crippen molar-refractivity contribution in [2.24, 2.45) is 7.05 Å². The monoisotopic (exact) mass is 280 g/mol. The Kier molecular flexibility index (Phi) is 3.74. The molecule has 2 rings (SSSR count). The average molecular weight is 280 g/mol. The van der Waals surface area contributed by atoms with Crippen molar-refractivity contribution in [3.63, 3.8) is 0 Å². The minimum Gasteiger partial charge on any atom is -0.289 e. The van der Waals surface area contributed by atoms with E-state index in [9.17, 15) is 18.0 Å². The van der Waals surface area contributed by atoms with Crippen LogP contribution in [0.15, 0.2) is 42.7 Å². The highest BCUT2D eigenvalue weighted by molar-refractivity contribution is 6.06. The summed E-state index contributed by atoms with van der Waals surface area (Å²) in [6.07, 6.45) is 1.13. The largest absolute Gasteiger partial charge is 0.416 e. The quantitative estimate of drug-likeness (QED) is 0.638. The Hall–Kier alpha value is -2.37. The molecule has 0 aliphatic rings. The van der Waals surface area contributed by atoms with Gasteiger partial charge in [-0.25, -0.2) is 0 Å². The Morgan fingerprint density at radius 2 is 2.10 bits per heavy atom. The molecule has 0 radical (unpaired) electrons. The van der Waals surface area contributed by atoms with Gasteiger partial charge in [-0.1, -0.05) is 18.2 Å². The smallest absolute Gasteiger partial charge is 0.289 e. The van der Waals surface area contributed by atoms with Crippen molar-refractivity contribution in [1.29, 1.82) is 0 Å². The van der Waals surface area contributed by atoms with Gasteiger partial charge >= 0.3 is 6.18 Å². The second-order valence-electron chi connectivity index (χ2n) is 4.22. The van der Waals surface area contributed by atoms with Crippen LogP contribution in [0.1, 0.15) is 21.5 Å². The Bertz CT molecular complexity index is 656. The number of ketones is 1. The maximum Gasteiger partial charge on any atom is 0.416 e. The lowest BCUT2D eigenvalue weighted by atomic mass is 10.1. The van der Waals surface area contributed by atoms with Crippen molar-refractivity contribution in [2.45, 2.75) is 6.18 Å². The molecule has 0 bridgehead atoms. The van der Waals surface area contributed by atoms with Gasteiger partial charge in [-0.15, -0.1) is 0 Å². The van der Waals surface area contributed by atoms with Crippen LogP contribution in [0.4, 0.5) is 13.2 Å². The number of carbonyl (C=O) groups excluding carboxylic acids is 1. The van der Waals surface area contributed by atoms with Gasteiger partial charge in [0.15, 0.2) is 5.78 Å². The molecule has 0 spiro atoms. The molecule has 0 saturated heterocycles. The van der Waals surface area contributed by atoms with E-state index in [1.165, 1.54) is 35.2 Å². The summed E-state index contributed by atoms with van der Waals surface area (Å²) in [5, 5.41) is 3.85. The van der Waals surface area contributed by atoms with Gasteiger partial charge in [0.25, 0.3) is 0 Å². The van der Waals surface area contributed by atoms with Gasteiger partial charge in [0.2, 0.25) is 0 Å². The number of hydrogen-bond donors (Lipinski definition) is 0. The number of aryl methyl sites for hydroxylation is 1. The highest BCUT2D eigenvalue weighted by Crippen LogP contribution is 2.29. The molecule has 0 aliphatic heterocycles. The number of aromatic nitrogens is 2. The lowest BCUT2D eigenvalue weighted by molar-refractivity contribution is -0.137. The number of alkyl halides is 3. The number of halogens is 3. The molecule has 2 aromatic rings. The van der Waals surface area contributed by atoms with E-state index in [2.05, 4.69) is 5.10 Å². The van der Waals surface area contributed by atoms with Crippen LogP contribution in [-0.2, 0) is 13.2 Å².